The molecule has 8 nitrogen and oxygen atoms in total. The van der Waals surface area contributed by atoms with Crippen molar-refractivity contribution in [3.63, 3.8) is 0 Å². The van der Waals surface area contributed by atoms with Crippen LogP contribution in [0.15, 0.2) is 77.3 Å². The largest absolute Gasteiger partial charge is 0.355 e. The lowest BCUT2D eigenvalue weighted by Crippen LogP contribution is -2.33. The van der Waals surface area contributed by atoms with Crippen molar-refractivity contribution in [1.29, 1.82) is 0 Å². The molecule has 220 valence electrons. The van der Waals surface area contributed by atoms with Crippen LogP contribution in [0.4, 0.5) is 5.69 Å². The molecule has 5 aromatic rings. The van der Waals surface area contributed by atoms with Gasteiger partial charge in [0.1, 0.15) is 4.83 Å². The molecule has 0 saturated carbocycles. The first kappa shape index (κ1) is 28.8. The summed E-state index contributed by atoms with van der Waals surface area (Å²) in [5.74, 6) is 0.533. The number of nitrogens with zero attached hydrogens (tertiary/aromatic N) is 2. The minimum atomic E-state index is -0.444. The summed E-state index contributed by atoms with van der Waals surface area (Å²) in [6.07, 6.45) is 3.13. The number of benzene rings is 2. The summed E-state index contributed by atoms with van der Waals surface area (Å²) in [6.45, 7) is 7.10. The highest BCUT2D eigenvalue weighted by atomic mass is 32.1. The Balaban J connectivity index is 1.14. The molecule has 4 N–H and O–H groups in total. The maximum absolute atomic E-state index is 13.4. The number of amides is 2. The molecule has 2 amide bonds. The van der Waals surface area contributed by atoms with Crippen LogP contribution in [0.5, 0.6) is 0 Å². The minimum absolute atomic E-state index is 0.168. The molecule has 6 rings (SSSR count). The minimum Gasteiger partial charge on any atom is -0.355 e. The van der Waals surface area contributed by atoms with Crippen LogP contribution in [0.25, 0.3) is 21.5 Å². The van der Waals surface area contributed by atoms with Gasteiger partial charge in [0.25, 0.3) is 11.8 Å². The molecule has 2 atom stereocenters. The summed E-state index contributed by atoms with van der Waals surface area (Å²) in [7, 11) is 0. The second-order valence-electron chi connectivity index (χ2n) is 12.2. The number of thiophene rings is 1. The summed E-state index contributed by atoms with van der Waals surface area (Å²) in [6, 6.07) is 22.0. The molecule has 1 aliphatic rings. The Morgan fingerprint density at radius 2 is 1.86 bits per heavy atom. The van der Waals surface area contributed by atoms with Crippen LogP contribution in [-0.2, 0) is 12.8 Å². The normalized spacial score (nSPS) is 15.6. The number of fused-ring (bicyclic) bond motifs is 2. The van der Waals surface area contributed by atoms with Crippen LogP contribution in [0, 0.1) is 11.3 Å². The van der Waals surface area contributed by atoms with E-state index in [1.807, 2.05) is 48.5 Å². The molecule has 0 fully saturated rings. The second kappa shape index (κ2) is 11.7. The molecule has 0 aliphatic heterocycles. The third-order valence-corrected chi connectivity index (χ3v) is 9.25. The SMILES string of the molecule is CC(C)(C)[C@@H]1CCc2nc3sc(C(=O)N[C@H](CN)c4cccc(NC(=O)c5cc(-c6ccccc6)on5)c4)cc3cc2C1. The van der Waals surface area contributed by atoms with Crippen molar-refractivity contribution < 1.29 is 14.1 Å². The molecule has 2 aromatic carbocycles. The molecule has 43 heavy (non-hydrogen) atoms. The van der Waals surface area contributed by atoms with Gasteiger partial charge in [-0.05, 0) is 66.0 Å². The van der Waals surface area contributed by atoms with Crippen LogP contribution in [-0.4, -0.2) is 28.5 Å². The number of aryl methyl sites for hydroxylation is 1. The summed E-state index contributed by atoms with van der Waals surface area (Å²) in [5, 5.41) is 10.9. The standard InChI is InChI=1S/C34H35N5O3S/c1-34(2,3)24-12-13-26-22(15-24)14-23-17-30(43-33(23)38-26)32(41)37-28(19-35)21-10-7-11-25(16-21)36-31(40)27-18-29(42-39-27)20-8-5-4-6-9-20/h4-11,14,16-18,24,28H,12-13,15,19,35H2,1-3H3,(H,36,40)(H,37,41)/t24-,28-/m1/s1. The van der Waals surface area contributed by atoms with Gasteiger partial charge in [0.2, 0.25) is 0 Å². The van der Waals surface area contributed by atoms with E-state index in [2.05, 4.69) is 42.6 Å². The Morgan fingerprint density at radius 1 is 1.05 bits per heavy atom. The molecule has 0 spiro atoms. The Labute approximate surface area is 254 Å². The average molecular weight is 594 g/mol. The van der Waals surface area contributed by atoms with Crippen molar-refractivity contribution >= 4 is 39.1 Å². The van der Waals surface area contributed by atoms with E-state index in [-0.39, 0.29) is 23.6 Å². The molecule has 0 radical (unpaired) electrons. The maximum Gasteiger partial charge on any atom is 0.277 e. The van der Waals surface area contributed by atoms with Gasteiger partial charge in [0.15, 0.2) is 11.5 Å². The maximum atomic E-state index is 13.4. The van der Waals surface area contributed by atoms with Gasteiger partial charge in [-0.1, -0.05) is 68.4 Å². The zero-order valence-corrected chi connectivity index (χ0v) is 25.3. The van der Waals surface area contributed by atoms with Gasteiger partial charge >= 0.3 is 0 Å². The fourth-order valence-corrected chi connectivity index (χ4v) is 6.57. The molecular formula is C34H35N5O3S. The highest BCUT2D eigenvalue weighted by molar-refractivity contribution is 7.20. The van der Waals surface area contributed by atoms with Crippen molar-refractivity contribution in [3.05, 3.63) is 100 Å². The van der Waals surface area contributed by atoms with Crippen molar-refractivity contribution in [2.24, 2.45) is 17.1 Å². The van der Waals surface area contributed by atoms with Crippen LogP contribution in [0.1, 0.15) is 70.2 Å². The summed E-state index contributed by atoms with van der Waals surface area (Å²) in [4.78, 5) is 32.7. The van der Waals surface area contributed by atoms with E-state index < -0.39 is 11.9 Å². The van der Waals surface area contributed by atoms with Gasteiger partial charge in [-0.25, -0.2) is 4.98 Å². The van der Waals surface area contributed by atoms with Crippen LogP contribution >= 0.6 is 11.3 Å². The average Bonchev–Trinajstić information content (AvgIpc) is 3.66. The van der Waals surface area contributed by atoms with Crippen molar-refractivity contribution in [2.75, 3.05) is 11.9 Å². The van der Waals surface area contributed by atoms with Gasteiger partial charge in [-0.15, -0.1) is 11.3 Å². The number of pyridine rings is 1. The van der Waals surface area contributed by atoms with Crippen molar-refractivity contribution in [3.8, 4) is 11.3 Å². The Morgan fingerprint density at radius 3 is 2.63 bits per heavy atom. The highest BCUT2D eigenvalue weighted by Crippen LogP contribution is 2.38. The van der Waals surface area contributed by atoms with Crippen LogP contribution in [0.3, 0.4) is 0 Å². The number of rotatable bonds is 7. The molecule has 0 saturated heterocycles. The van der Waals surface area contributed by atoms with Gasteiger partial charge in [-0.2, -0.15) is 0 Å². The number of nitrogens with one attached hydrogen (secondary N) is 2. The smallest absolute Gasteiger partial charge is 0.277 e. The monoisotopic (exact) mass is 593 g/mol. The predicted octanol–water partition coefficient (Wildman–Crippen LogP) is 6.78. The van der Waals surface area contributed by atoms with Crippen molar-refractivity contribution in [2.45, 2.75) is 46.1 Å². The van der Waals surface area contributed by atoms with Gasteiger partial charge in [-0.3, -0.25) is 9.59 Å². The Bertz CT molecular complexity index is 1790. The number of anilines is 1. The van der Waals surface area contributed by atoms with E-state index in [9.17, 15) is 9.59 Å². The lowest BCUT2D eigenvalue weighted by molar-refractivity contribution is 0.0941. The van der Waals surface area contributed by atoms with E-state index >= 15 is 0 Å². The van der Waals surface area contributed by atoms with E-state index in [0.717, 1.165) is 46.3 Å². The number of hydrogen-bond acceptors (Lipinski definition) is 7. The van der Waals surface area contributed by atoms with Crippen molar-refractivity contribution in [1.82, 2.24) is 15.5 Å². The number of nitrogens with two attached hydrogens (primary N) is 1. The molecule has 3 aromatic heterocycles. The molecule has 0 bridgehead atoms. The predicted molar refractivity (Wildman–Crippen MR) is 170 cm³/mol. The second-order valence-corrected chi connectivity index (χ2v) is 13.2. The van der Waals surface area contributed by atoms with Gasteiger partial charge in [0.05, 0.1) is 10.9 Å². The molecule has 3 heterocycles. The van der Waals surface area contributed by atoms with E-state index in [1.165, 1.54) is 16.9 Å². The third kappa shape index (κ3) is 6.23. The number of aromatic nitrogens is 2. The molecule has 0 unspecified atom stereocenters. The topological polar surface area (TPSA) is 123 Å². The van der Waals surface area contributed by atoms with Gasteiger partial charge in [0, 0.05) is 34.9 Å². The van der Waals surface area contributed by atoms with Gasteiger partial charge < -0.3 is 20.9 Å². The Kier molecular flexibility index (Phi) is 7.85. The third-order valence-electron chi connectivity index (χ3n) is 8.21. The highest BCUT2D eigenvalue weighted by Gasteiger charge is 2.30. The van der Waals surface area contributed by atoms with E-state index in [1.54, 1.807) is 18.2 Å². The first-order chi connectivity index (χ1) is 20.7. The molecular weight excluding hydrogens is 558 g/mol. The lowest BCUT2D eigenvalue weighted by Gasteiger charge is -2.34. The Hall–Kier alpha value is -4.34. The quantitative estimate of drug-likeness (QED) is 0.191. The zero-order valence-electron chi connectivity index (χ0n) is 24.5. The van der Waals surface area contributed by atoms with E-state index in [0.29, 0.717) is 22.2 Å². The summed E-state index contributed by atoms with van der Waals surface area (Å²) in [5.41, 5.74) is 11.2. The number of hydrogen-bond donors (Lipinski definition) is 3. The van der Waals surface area contributed by atoms with Crippen LogP contribution < -0.4 is 16.4 Å². The number of carbonyl (C=O) groups is 2. The lowest BCUT2D eigenvalue weighted by atomic mass is 9.71. The first-order valence-electron chi connectivity index (χ1n) is 14.5. The van der Waals surface area contributed by atoms with E-state index in [4.69, 9.17) is 15.2 Å². The summed E-state index contributed by atoms with van der Waals surface area (Å²) >= 11 is 1.40. The fourth-order valence-electron chi connectivity index (χ4n) is 5.63. The summed E-state index contributed by atoms with van der Waals surface area (Å²) < 4.78 is 5.36. The van der Waals surface area contributed by atoms with Crippen LogP contribution in [0.2, 0.25) is 0 Å². The first-order valence-corrected chi connectivity index (χ1v) is 15.4. The molecule has 1 aliphatic carbocycles. The molecule has 9 heteroatoms. The zero-order chi connectivity index (χ0) is 30.1. The number of carbonyl (C=O) groups excluding carboxylic acids is 2. The fraction of sp³-hybridized carbons (Fsp3) is 0.294.